The van der Waals surface area contributed by atoms with Crippen molar-refractivity contribution in [3.05, 3.63) is 48.0 Å². The number of hydrogen-bond acceptors (Lipinski definition) is 7. The summed E-state index contributed by atoms with van der Waals surface area (Å²) in [6.45, 7) is 10.2. The lowest BCUT2D eigenvalue weighted by atomic mass is 10.1. The average molecular weight is 495 g/mol. The number of thiocarbonyl (C=S) groups is 1. The van der Waals surface area contributed by atoms with Crippen molar-refractivity contribution in [3.63, 3.8) is 0 Å². The van der Waals surface area contributed by atoms with Crippen LogP contribution in [0.3, 0.4) is 0 Å². The van der Waals surface area contributed by atoms with E-state index >= 15 is 0 Å². The average Bonchev–Trinajstić information content (AvgIpc) is 3.48. The number of amides is 1. The molecule has 1 fully saturated rings. The van der Waals surface area contributed by atoms with Gasteiger partial charge in [0.15, 0.2) is 5.11 Å². The van der Waals surface area contributed by atoms with E-state index in [1.54, 1.807) is 17.5 Å². The Morgan fingerprint density at radius 3 is 2.71 bits per heavy atom. The zero-order valence-corrected chi connectivity index (χ0v) is 21.1. The standard InChI is InChI=1S/C25H30N6O3S/c1-25(2,3)34-24(32)31-8-6-18-14-17(4-5-20(18)31)15-26-23(35)30-11-9-29(10-12-30)21-19-7-13-33-22(19)28-16-27-21/h4-5,7,13-14,16H,6,8-12,15H2,1-3H3,(H,26,35). The van der Waals surface area contributed by atoms with Crippen LogP contribution in [0.2, 0.25) is 0 Å². The molecule has 9 nitrogen and oxygen atoms in total. The van der Waals surface area contributed by atoms with Crippen LogP contribution in [-0.4, -0.2) is 64.4 Å². The Hall–Kier alpha value is -3.40. The molecule has 0 radical (unpaired) electrons. The first-order valence-electron chi connectivity index (χ1n) is 11.9. The molecule has 0 saturated carbocycles. The number of nitrogens with zero attached hydrogens (tertiary/aromatic N) is 5. The van der Waals surface area contributed by atoms with Crippen LogP contribution < -0.4 is 15.1 Å². The predicted molar refractivity (Wildman–Crippen MR) is 139 cm³/mol. The summed E-state index contributed by atoms with van der Waals surface area (Å²) in [5, 5.41) is 5.08. The van der Waals surface area contributed by atoms with E-state index in [9.17, 15) is 4.79 Å². The molecule has 5 rings (SSSR count). The van der Waals surface area contributed by atoms with Gasteiger partial charge in [0.25, 0.3) is 0 Å². The number of fused-ring (bicyclic) bond motifs is 2. The van der Waals surface area contributed by atoms with Gasteiger partial charge < -0.3 is 24.3 Å². The Labute approximate surface area is 210 Å². The second kappa shape index (κ2) is 9.33. The monoisotopic (exact) mass is 494 g/mol. The topological polar surface area (TPSA) is 87.0 Å². The number of benzene rings is 1. The molecule has 184 valence electrons. The normalized spacial score (nSPS) is 15.9. The lowest BCUT2D eigenvalue weighted by Gasteiger charge is -2.36. The molecule has 4 heterocycles. The summed E-state index contributed by atoms with van der Waals surface area (Å²) in [6, 6.07) is 8.11. The number of ether oxygens (including phenoxy) is 1. The van der Waals surface area contributed by atoms with Crippen molar-refractivity contribution in [2.45, 2.75) is 39.3 Å². The van der Waals surface area contributed by atoms with Crippen LogP contribution in [0.1, 0.15) is 31.9 Å². The van der Waals surface area contributed by atoms with Gasteiger partial charge in [-0.15, -0.1) is 0 Å². The van der Waals surface area contributed by atoms with Gasteiger partial charge in [0.05, 0.1) is 17.3 Å². The van der Waals surface area contributed by atoms with E-state index in [1.165, 1.54) is 0 Å². The molecule has 2 aliphatic heterocycles. The van der Waals surface area contributed by atoms with Crippen LogP contribution in [0, 0.1) is 0 Å². The third-order valence-corrected chi connectivity index (χ3v) is 6.61. The number of furan rings is 1. The number of anilines is 2. The summed E-state index contributed by atoms with van der Waals surface area (Å²) >= 11 is 5.68. The van der Waals surface area contributed by atoms with Crippen LogP contribution in [0.4, 0.5) is 16.3 Å². The summed E-state index contributed by atoms with van der Waals surface area (Å²) in [4.78, 5) is 27.3. The fraction of sp³-hybridized carbons (Fsp3) is 0.440. The molecule has 1 saturated heterocycles. The number of piperazine rings is 1. The van der Waals surface area contributed by atoms with Gasteiger partial charge in [0.2, 0.25) is 5.71 Å². The molecular weight excluding hydrogens is 464 g/mol. The summed E-state index contributed by atoms with van der Waals surface area (Å²) < 4.78 is 10.9. The first-order valence-corrected chi connectivity index (χ1v) is 12.3. The van der Waals surface area contributed by atoms with Gasteiger partial charge in [-0.25, -0.2) is 14.8 Å². The van der Waals surface area contributed by atoms with Gasteiger partial charge in [-0.2, -0.15) is 0 Å². The molecule has 0 spiro atoms. The third-order valence-electron chi connectivity index (χ3n) is 6.20. The maximum absolute atomic E-state index is 12.5. The molecule has 0 aliphatic carbocycles. The van der Waals surface area contributed by atoms with Gasteiger partial charge in [0.1, 0.15) is 17.7 Å². The third kappa shape index (κ3) is 5.02. The van der Waals surface area contributed by atoms with Crippen LogP contribution in [0.15, 0.2) is 41.3 Å². The van der Waals surface area contributed by atoms with Crippen molar-refractivity contribution in [2.24, 2.45) is 0 Å². The molecule has 35 heavy (non-hydrogen) atoms. The number of carbonyl (C=O) groups excluding carboxylic acids is 1. The quantitative estimate of drug-likeness (QED) is 0.548. The molecule has 1 aromatic carbocycles. The SMILES string of the molecule is CC(C)(C)OC(=O)N1CCc2cc(CNC(=S)N3CCN(c4ncnc5occc45)CC3)ccc21. The zero-order chi connectivity index (χ0) is 24.6. The molecule has 10 heteroatoms. The molecule has 1 N–H and O–H groups in total. The highest BCUT2D eigenvalue weighted by Gasteiger charge is 2.29. The molecule has 0 bridgehead atoms. The van der Waals surface area contributed by atoms with Crippen LogP contribution in [-0.2, 0) is 17.7 Å². The molecule has 0 unspecified atom stereocenters. The van der Waals surface area contributed by atoms with Crippen LogP contribution in [0.5, 0.6) is 0 Å². The largest absolute Gasteiger partial charge is 0.446 e. The second-order valence-electron chi connectivity index (χ2n) is 9.81. The first-order chi connectivity index (χ1) is 16.8. The maximum atomic E-state index is 12.5. The minimum atomic E-state index is -0.509. The molecule has 2 aromatic heterocycles. The second-order valence-corrected chi connectivity index (χ2v) is 10.2. The Bertz CT molecular complexity index is 1250. The van der Waals surface area contributed by atoms with E-state index in [0.717, 1.165) is 65.7 Å². The van der Waals surface area contributed by atoms with Crippen LogP contribution >= 0.6 is 12.2 Å². The molecule has 2 aliphatic rings. The van der Waals surface area contributed by atoms with Gasteiger partial charge in [-0.05, 0) is 62.7 Å². The van der Waals surface area contributed by atoms with Crippen molar-refractivity contribution in [2.75, 3.05) is 42.5 Å². The zero-order valence-electron chi connectivity index (χ0n) is 20.3. The summed E-state index contributed by atoms with van der Waals surface area (Å²) in [6.07, 6.45) is 3.72. The van der Waals surface area contributed by atoms with Crippen molar-refractivity contribution in [3.8, 4) is 0 Å². The first kappa shape index (κ1) is 23.3. The highest BCUT2D eigenvalue weighted by atomic mass is 32.1. The summed E-state index contributed by atoms with van der Waals surface area (Å²) in [7, 11) is 0. The molecule has 3 aromatic rings. The number of aromatic nitrogens is 2. The molecule has 0 atom stereocenters. The maximum Gasteiger partial charge on any atom is 0.414 e. The fourth-order valence-corrected chi connectivity index (χ4v) is 4.77. The van der Waals surface area contributed by atoms with E-state index < -0.39 is 5.60 Å². The minimum Gasteiger partial charge on any atom is -0.446 e. The van der Waals surface area contributed by atoms with E-state index in [0.29, 0.717) is 18.8 Å². The van der Waals surface area contributed by atoms with Gasteiger partial charge >= 0.3 is 6.09 Å². The van der Waals surface area contributed by atoms with Gasteiger partial charge in [-0.1, -0.05) is 12.1 Å². The number of nitrogens with one attached hydrogen (secondary N) is 1. The number of rotatable bonds is 3. The Morgan fingerprint density at radius 1 is 1.14 bits per heavy atom. The lowest BCUT2D eigenvalue weighted by molar-refractivity contribution is 0.0584. The summed E-state index contributed by atoms with van der Waals surface area (Å²) in [5.74, 6) is 0.904. The van der Waals surface area contributed by atoms with Crippen LogP contribution in [0.25, 0.3) is 11.1 Å². The van der Waals surface area contributed by atoms with E-state index in [4.69, 9.17) is 21.4 Å². The van der Waals surface area contributed by atoms with Gasteiger partial charge in [0, 0.05) is 39.3 Å². The van der Waals surface area contributed by atoms with Gasteiger partial charge in [-0.3, -0.25) is 4.90 Å². The fourth-order valence-electron chi connectivity index (χ4n) is 4.51. The Kier molecular flexibility index (Phi) is 6.22. The minimum absolute atomic E-state index is 0.294. The highest BCUT2D eigenvalue weighted by molar-refractivity contribution is 7.80. The molecule has 1 amide bonds. The molecular formula is C25H30N6O3S. The highest BCUT2D eigenvalue weighted by Crippen LogP contribution is 2.30. The Morgan fingerprint density at radius 2 is 1.94 bits per heavy atom. The van der Waals surface area contributed by atoms with Crippen molar-refractivity contribution in [1.82, 2.24) is 20.2 Å². The van der Waals surface area contributed by atoms with E-state index in [1.807, 2.05) is 39.0 Å². The summed E-state index contributed by atoms with van der Waals surface area (Å²) in [5.41, 5.74) is 3.33. The van der Waals surface area contributed by atoms with Crippen molar-refractivity contribution in [1.29, 1.82) is 0 Å². The number of hydrogen-bond donors (Lipinski definition) is 1. The Balaban J connectivity index is 1.14. The smallest absolute Gasteiger partial charge is 0.414 e. The van der Waals surface area contributed by atoms with Crippen molar-refractivity contribution >= 4 is 46.0 Å². The van der Waals surface area contributed by atoms with E-state index in [2.05, 4.69) is 31.2 Å². The number of carbonyl (C=O) groups is 1. The van der Waals surface area contributed by atoms with Crippen molar-refractivity contribution < 1.29 is 13.9 Å². The van der Waals surface area contributed by atoms with E-state index in [-0.39, 0.29) is 6.09 Å². The lowest BCUT2D eigenvalue weighted by Crippen LogP contribution is -2.51. The predicted octanol–water partition coefficient (Wildman–Crippen LogP) is 3.72.